The number of hydrogen-bond acceptors (Lipinski definition) is 5. The van der Waals surface area contributed by atoms with Crippen LogP contribution in [0.4, 0.5) is 0 Å². The highest BCUT2D eigenvalue weighted by Crippen LogP contribution is 2.22. The maximum atomic E-state index is 12.2. The monoisotopic (exact) mass is 276 g/mol. The maximum absolute atomic E-state index is 12.2. The number of aryl methyl sites for hydroxylation is 1. The molecule has 0 spiro atoms. The molecule has 6 nitrogen and oxygen atoms in total. The molecule has 2 rings (SSSR count). The van der Waals surface area contributed by atoms with Crippen LogP contribution in [0.1, 0.15) is 17.8 Å². The minimum atomic E-state index is -3.51. The zero-order valence-corrected chi connectivity index (χ0v) is 11.2. The summed E-state index contributed by atoms with van der Waals surface area (Å²) >= 11 is 1.76. The van der Waals surface area contributed by atoms with Crippen LogP contribution in [0.15, 0.2) is 4.90 Å². The van der Waals surface area contributed by atoms with Crippen molar-refractivity contribution in [3.63, 3.8) is 0 Å². The van der Waals surface area contributed by atoms with Gasteiger partial charge in [-0.15, -0.1) is 0 Å². The third-order valence-corrected chi connectivity index (χ3v) is 5.56. The van der Waals surface area contributed by atoms with Gasteiger partial charge in [0.25, 0.3) is 0 Å². The second-order valence-corrected chi connectivity index (χ2v) is 6.81. The number of sulfonamides is 1. The highest BCUT2D eigenvalue weighted by molar-refractivity contribution is 7.99. The average Bonchev–Trinajstić information content (AvgIpc) is 2.86. The number of thioether (sulfide) groups is 1. The van der Waals surface area contributed by atoms with Gasteiger partial charge in [-0.1, -0.05) is 0 Å². The molecule has 0 amide bonds. The molecule has 0 saturated carbocycles. The summed E-state index contributed by atoms with van der Waals surface area (Å²) in [7, 11) is -3.51. The van der Waals surface area contributed by atoms with E-state index < -0.39 is 10.0 Å². The van der Waals surface area contributed by atoms with Gasteiger partial charge in [0, 0.05) is 18.3 Å². The van der Waals surface area contributed by atoms with Crippen molar-refractivity contribution in [2.75, 3.05) is 11.5 Å². The third kappa shape index (κ3) is 2.65. The molecule has 0 bridgehead atoms. The molecule has 17 heavy (non-hydrogen) atoms. The minimum Gasteiger partial charge on any atom is -0.325 e. The number of nitrogens with zero attached hydrogens (tertiary/aromatic N) is 1. The number of aromatic amines is 1. The van der Waals surface area contributed by atoms with Crippen LogP contribution in [0.5, 0.6) is 0 Å². The lowest BCUT2D eigenvalue weighted by atomic mass is 10.3. The predicted octanol–water partition coefficient (Wildman–Crippen LogP) is -0.0394. The van der Waals surface area contributed by atoms with Crippen molar-refractivity contribution in [2.24, 2.45) is 5.73 Å². The van der Waals surface area contributed by atoms with Gasteiger partial charge in [-0.3, -0.25) is 5.10 Å². The summed E-state index contributed by atoms with van der Waals surface area (Å²) < 4.78 is 27.1. The SMILES string of the molecule is Cc1[nH]nc(CN)c1S(=O)(=O)NC1CCSC1. The zero-order chi connectivity index (χ0) is 12.5. The number of nitrogens with two attached hydrogens (primary N) is 1. The average molecular weight is 276 g/mol. The Kier molecular flexibility index (Phi) is 3.76. The van der Waals surface area contributed by atoms with E-state index in [1.165, 1.54) is 0 Å². The van der Waals surface area contributed by atoms with Gasteiger partial charge in [0.15, 0.2) is 0 Å². The van der Waals surface area contributed by atoms with Gasteiger partial charge in [0.2, 0.25) is 10.0 Å². The number of nitrogens with one attached hydrogen (secondary N) is 2. The number of hydrogen-bond donors (Lipinski definition) is 3. The summed E-state index contributed by atoms with van der Waals surface area (Å²) in [5, 5.41) is 6.57. The predicted molar refractivity (Wildman–Crippen MR) is 67.3 cm³/mol. The van der Waals surface area contributed by atoms with Crippen molar-refractivity contribution in [1.82, 2.24) is 14.9 Å². The van der Waals surface area contributed by atoms with Gasteiger partial charge in [-0.05, 0) is 19.1 Å². The lowest BCUT2D eigenvalue weighted by molar-refractivity contribution is 0.561. The fourth-order valence-corrected chi connectivity index (χ4v) is 4.77. The van der Waals surface area contributed by atoms with Crippen LogP contribution >= 0.6 is 11.8 Å². The molecule has 4 N–H and O–H groups in total. The Morgan fingerprint density at radius 1 is 1.65 bits per heavy atom. The molecule has 1 unspecified atom stereocenters. The van der Waals surface area contributed by atoms with E-state index in [1.54, 1.807) is 18.7 Å². The van der Waals surface area contributed by atoms with Gasteiger partial charge in [0.1, 0.15) is 4.90 Å². The van der Waals surface area contributed by atoms with Gasteiger partial charge in [-0.25, -0.2) is 13.1 Å². The molecule has 1 aromatic rings. The third-order valence-electron chi connectivity index (χ3n) is 2.67. The fraction of sp³-hybridized carbons (Fsp3) is 0.667. The van der Waals surface area contributed by atoms with Crippen molar-refractivity contribution in [3.8, 4) is 0 Å². The van der Waals surface area contributed by atoms with Crippen LogP contribution in [-0.2, 0) is 16.6 Å². The first kappa shape index (κ1) is 12.9. The molecule has 1 aliphatic heterocycles. The molecular formula is C9H16N4O2S2. The van der Waals surface area contributed by atoms with Crippen LogP contribution in [0.3, 0.4) is 0 Å². The smallest absolute Gasteiger partial charge is 0.244 e. The van der Waals surface area contributed by atoms with Crippen LogP contribution in [-0.4, -0.2) is 36.2 Å². The molecule has 1 aliphatic rings. The zero-order valence-electron chi connectivity index (χ0n) is 9.56. The van der Waals surface area contributed by atoms with E-state index in [0.717, 1.165) is 17.9 Å². The van der Waals surface area contributed by atoms with Crippen LogP contribution in [0.2, 0.25) is 0 Å². The summed E-state index contributed by atoms with van der Waals surface area (Å²) in [6.07, 6.45) is 0.874. The molecule has 1 saturated heterocycles. The van der Waals surface area contributed by atoms with Crippen LogP contribution in [0.25, 0.3) is 0 Å². The molecule has 1 aromatic heterocycles. The van der Waals surface area contributed by atoms with Crippen LogP contribution in [0, 0.1) is 6.92 Å². The summed E-state index contributed by atoms with van der Waals surface area (Å²) in [4.78, 5) is 0.205. The lowest BCUT2D eigenvalue weighted by Gasteiger charge is -2.12. The molecule has 1 fully saturated rings. The Bertz CT molecular complexity index is 491. The first-order valence-electron chi connectivity index (χ1n) is 5.38. The van der Waals surface area contributed by atoms with E-state index in [9.17, 15) is 8.42 Å². The van der Waals surface area contributed by atoms with E-state index in [0.29, 0.717) is 11.4 Å². The summed E-state index contributed by atoms with van der Waals surface area (Å²) in [6.45, 7) is 1.80. The van der Waals surface area contributed by atoms with Gasteiger partial charge < -0.3 is 5.73 Å². The molecule has 2 heterocycles. The topological polar surface area (TPSA) is 101 Å². The van der Waals surface area contributed by atoms with E-state index in [-0.39, 0.29) is 17.5 Å². The quantitative estimate of drug-likeness (QED) is 0.716. The van der Waals surface area contributed by atoms with Crippen molar-refractivity contribution in [1.29, 1.82) is 0 Å². The minimum absolute atomic E-state index is 0.0184. The number of H-pyrrole nitrogens is 1. The second kappa shape index (κ2) is 4.97. The number of rotatable bonds is 4. The Labute approximate surface area is 105 Å². The van der Waals surface area contributed by atoms with E-state index in [2.05, 4.69) is 14.9 Å². The normalized spacial score (nSPS) is 20.9. The Morgan fingerprint density at radius 2 is 2.41 bits per heavy atom. The van der Waals surface area contributed by atoms with Crippen molar-refractivity contribution >= 4 is 21.8 Å². The number of aromatic nitrogens is 2. The van der Waals surface area contributed by atoms with Gasteiger partial charge >= 0.3 is 0 Å². The van der Waals surface area contributed by atoms with Crippen molar-refractivity contribution in [2.45, 2.75) is 30.8 Å². The Morgan fingerprint density at radius 3 is 3.00 bits per heavy atom. The highest BCUT2D eigenvalue weighted by Gasteiger charge is 2.28. The van der Waals surface area contributed by atoms with Crippen LogP contribution < -0.4 is 10.5 Å². The van der Waals surface area contributed by atoms with Gasteiger partial charge in [0.05, 0.1) is 11.4 Å². The maximum Gasteiger partial charge on any atom is 0.244 e. The molecular weight excluding hydrogens is 260 g/mol. The van der Waals surface area contributed by atoms with Gasteiger partial charge in [-0.2, -0.15) is 16.9 Å². The van der Waals surface area contributed by atoms with Crippen molar-refractivity contribution < 1.29 is 8.42 Å². The molecule has 0 aliphatic carbocycles. The molecule has 0 radical (unpaired) electrons. The van der Waals surface area contributed by atoms with E-state index in [1.807, 2.05) is 0 Å². The first-order valence-corrected chi connectivity index (χ1v) is 8.02. The Balaban J connectivity index is 2.27. The molecule has 8 heteroatoms. The second-order valence-electron chi connectivity index (χ2n) is 4.01. The molecule has 1 atom stereocenters. The molecule has 96 valence electrons. The standard InChI is InChI=1S/C9H16N4O2S2/c1-6-9(8(4-10)12-11-6)17(14,15)13-7-2-3-16-5-7/h7,13H,2-5,10H2,1H3,(H,11,12). The van der Waals surface area contributed by atoms with E-state index in [4.69, 9.17) is 5.73 Å². The summed E-state index contributed by atoms with van der Waals surface area (Å²) in [5.74, 6) is 1.83. The Hall–Kier alpha value is -0.570. The van der Waals surface area contributed by atoms with E-state index >= 15 is 0 Å². The highest BCUT2D eigenvalue weighted by atomic mass is 32.2. The summed E-state index contributed by atoms with van der Waals surface area (Å²) in [6, 6.07) is 0.0184. The van der Waals surface area contributed by atoms with Crippen molar-refractivity contribution in [3.05, 3.63) is 11.4 Å². The first-order chi connectivity index (χ1) is 8.04. The lowest BCUT2D eigenvalue weighted by Crippen LogP contribution is -2.35. The fourth-order valence-electron chi connectivity index (χ4n) is 1.87. The largest absolute Gasteiger partial charge is 0.325 e. The molecule has 0 aromatic carbocycles. The summed E-state index contributed by atoms with van der Waals surface area (Å²) in [5.41, 5.74) is 6.41.